The second-order valence-corrected chi connectivity index (χ2v) is 6.27. The number of rotatable bonds is 5. The van der Waals surface area contributed by atoms with Crippen LogP contribution in [-0.2, 0) is 16.1 Å². The van der Waals surface area contributed by atoms with Crippen LogP contribution in [0.5, 0.6) is 0 Å². The minimum Gasteiger partial charge on any atom is -0.478 e. The molecule has 0 saturated carbocycles. The number of carboxylic acids is 1. The number of benzene rings is 1. The van der Waals surface area contributed by atoms with Crippen molar-refractivity contribution in [1.82, 2.24) is 15.2 Å². The first kappa shape index (κ1) is 17.6. The highest BCUT2D eigenvalue weighted by Gasteiger charge is 2.42. The summed E-state index contributed by atoms with van der Waals surface area (Å²) in [6.07, 6.45) is 3.47. The summed E-state index contributed by atoms with van der Waals surface area (Å²) in [4.78, 5) is 41.3. The van der Waals surface area contributed by atoms with Gasteiger partial charge in [0.2, 0.25) is 11.8 Å². The molecule has 2 aromatic rings. The zero-order chi connectivity index (χ0) is 18.7. The van der Waals surface area contributed by atoms with Gasteiger partial charge in [0.15, 0.2) is 0 Å². The number of carbonyl (C=O) groups excluding carboxylic acids is 2. The summed E-state index contributed by atoms with van der Waals surface area (Å²) in [7, 11) is 1.69. The van der Waals surface area contributed by atoms with Crippen molar-refractivity contribution in [2.75, 3.05) is 7.05 Å². The molecule has 26 heavy (non-hydrogen) atoms. The molecule has 7 nitrogen and oxygen atoms in total. The summed E-state index contributed by atoms with van der Waals surface area (Å²) in [6.45, 7) is 0.271. The van der Waals surface area contributed by atoms with Crippen molar-refractivity contribution in [3.8, 4) is 0 Å². The lowest BCUT2D eigenvalue weighted by Crippen LogP contribution is -2.34. The van der Waals surface area contributed by atoms with E-state index in [4.69, 9.17) is 5.11 Å². The van der Waals surface area contributed by atoms with Gasteiger partial charge in [0.1, 0.15) is 0 Å². The first-order valence-electron chi connectivity index (χ1n) is 8.23. The SMILES string of the molecule is CN1C(=O)CC(C(=O)NCc2ccc(C(=O)O)cc2)C1c1cccnc1. The number of carbonyl (C=O) groups is 3. The largest absolute Gasteiger partial charge is 0.478 e. The monoisotopic (exact) mass is 353 g/mol. The number of nitrogens with one attached hydrogen (secondary N) is 1. The van der Waals surface area contributed by atoms with Gasteiger partial charge >= 0.3 is 5.97 Å². The molecule has 1 aromatic carbocycles. The number of hydrogen-bond donors (Lipinski definition) is 2. The first-order valence-corrected chi connectivity index (χ1v) is 8.23. The number of aromatic carboxylic acids is 1. The molecule has 2 unspecified atom stereocenters. The molecule has 134 valence electrons. The van der Waals surface area contributed by atoms with Crippen molar-refractivity contribution in [1.29, 1.82) is 0 Å². The van der Waals surface area contributed by atoms with Crippen LogP contribution in [-0.4, -0.2) is 39.8 Å². The number of amides is 2. The Labute approximate surface area is 150 Å². The van der Waals surface area contributed by atoms with Crippen LogP contribution < -0.4 is 5.32 Å². The molecule has 3 rings (SSSR count). The third-order valence-electron chi connectivity index (χ3n) is 4.62. The van der Waals surface area contributed by atoms with Gasteiger partial charge in [0.25, 0.3) is 0 Å². The van der Waals surface area contributed by atoms with Gasteiger partial charge < -0.3 is 15.3 Å². The van der Waals surface area contributed by atoms with Gasteiger partial charge in [-0.2, -0.15) is 0 Å². The average molecular weight is 353 g/mol. The first-order chi connectivity index (χ1) is 12.5. The molecular weight excluding hydrogens is 334 g/mol. The highest BCUT2D eigenvalue weighted by Crippen LogP contribution is 2.36. The predicted molar refractivity (Wildman–Crippen MR) is 93.1 cm³/mol. The van der Waals surface area contributed by atoms with Gasteiger partial charge in [-0.05, 0) is 29.3 Å². The second kappa shape index (κ2) is 7.35. The van der Waals surface area contributed by atoms with E-state index in [0.717, 1.165) is 11.1 Å². The van der Waals surface area contributed by atoms with E-state index in [1.54, 1.807) is 42.5 Å². The molecule has 1 aliphatic heterocycles. The Morgan fingerprint density at radius 1 is 1.27 bits per heavy atom. The van der Waals surface area contributed by atoms with Crippen LogP contribution in [0.25, 0.3) is 0 Å². The van der Waals surface area contributed by atoms with Crippen LogP contribution >= 0.6 is 0 Å². The van der Waals surface area contributed by atoms with E-state index >= 15 is 0 Å². The summed E-state index contributed by atoms with van der Waals surface area (Å²) in [6, 6.07) is 9.61. The van der Waals surface area contributed by atoms with E-state index in [0.29, 0.717) is 0 Å². The minimum absolute atomic E-state index is 0.0789. The average Bonchev–Trinajstić information content (AvgIpc) is 2.95. The fourth-order valence-electron chi connectivity index (χ4n) is 3.20. The maximum Gasteiger partial charge on any atom is 0.335 e. The number of likely N-dealkylation sites (tertiary alicyclic amines) is 1. The smallest absolute Gasteiger partial charge is 0.335 e. The molecule has 2 atom stereocenters. The van der Waals surface area contributed by atoms with E-state index in [9.17, 15) is 14.4 Å². The molecule has 7 heteroatoms. The van der Waals surface area contributed by atoms with Crippen molar-refractivity contribution in [3.05, 3.63) is 65.5 Å². The maximum atomic E-state index is 12.7. The van der Waals surface area contributed by atoms with E-state index in [2.05, 4.69) is 10.3 Å². The Balaban J connectivity index is 1.69. The topological polar surface area (TPSA) is 99.6 Å². The molecule has 0 spiro atoms. The van der Waals surface area contributed by atoms with Crippen LogP contribution in [0.3, 0.4) is 0 Å². The zero-order valence-corrected chi connectivity index (χ0v) is 14.3. The molecule has 2 amide bonds. The van der Waals surface area contributed by atoms with Crippen molar-refractivity contribution < 1.29 is 19.5 Å². The third-order valence-corrected chi connectivity index (χ3v) is 4.62. The van der Waals surface area contributed by atoms with Gasteiger partial charge in [-0.3, -0.25) is 14.6 Å². The van der Waals surface area contributed by atoms with Crippen LogP contribution in [0.1, 0.15) is 33.9 Å². The van der Waals surface area contributed by atoms with Gasteiger partial charge in [-0.15, -0.1) is 0 Å². The molecular formula is C19H19N3O4. The van der Waals surface area contributed by atoms with Crippen LogP contribution in [0, 0.1) is 5.92 Å². The number of carboxylic acid groups (broad SMARTS) is 1. The van der Waals surface area contributed by atoms with Crippen LogP contribution in [0.2, 0.25) is 0 Å². The van der Waals surface area contributed by atoms with Crippen molar-refractivity contribution >= 4 is 17.8 Å². The molecule has 2 heterocycles. The predicted octanol–water partition coefficient (Wildman–Crippen LogP) is 1.62. The van der Waals surface area contributed by atoms with Crippen molar-refractivity contribution in [2.45, 2.75) is 19.0 Å². The Kier molecular flexibility index (Phi) is 4.97. The summed E-state index contributed by atoms with van der Waals surface area (Å²) in [5.74, 6) is -1.77. The second-order valence-electron chi connectivity index (χ2n) is 6.27. The van der Waals surface area contributed by atoms with Gasteiger partial charge in [0.05, 0.1) is 17.5 Å². The van der Waals surface area contributed by atoms with E-state index in [-0.39, 0.29) is 36.4 Å². The molecule has 2 N–H and O–H groups in total. The molecule has 0 aliphatic carbocycles. The molecule has 0 bridgehead atoms. The number of nitrogens with zero attached hydrogens (tertiary/aromatic N) is 2. The number of hydrogen-bond acceptors (Lipinski definition) is 4. The summed E-state index contributed by atoms with van der Waals surface area (Å²) in [5.41, 5.74) is 1.81. The summed E-state index contributed by atoms with van der Waals surface area (Å²) >= 11 is 0. The lowest BCUT2D eigenvalue weighted by atomic mass is 9.94. The molecule has 1 aliphatic rings. The highest BCUT2D eigenvalue weighted by molar-refractivity contribution is 5.90. The Morgan fingerprint density at radius 3 is 2.62 bits per heavy atom. The summed E-state index contributed by atoms with van der Waals surface area (Å²) < 4.78 is 0. The molecule has 0 radical (unpaired) electrons. The van der Waals surface area contributed by atoms with Gasteiger partial charge in [0, 0.05) is 32.4 Å². The Bertz CT molecular complexity index is 820. The Morgan fingerprint density at radius 2 is 2.00 bits per heavy atom. The quantitative estimate of drug-likeness (QED) is 0.851. The standard InChI is InChI=1S/C19H19N3O4/c1-22-16(23)9-15(17(22)14-3-2-8-20-11-14)18(24)21-10-12-4-6-13(7-5-12)19(25)26/h2-8,11,15,17H,9-10H2,1H3,(H,21,24)(H,25,26). The van der Waals surface area contributed by atoms with E-state index < -0.39 is 11.9 Å². The van der Waals surface area contributed by atoms with Gasteiger partial charge in [-0.25, -0.2) is 4.79 Å². The molecule has 1 fully saturated rings. The lowest BCUT2D eigenvalue weighted by Gasteiger charge is -2.24. The third kappa shape index (κ3) is 3.56. The molecule has 1 aromatic heterocycles. The van der Waals surface area contributed by atoms with Crippen LogP contribution in [0.4, 0.5) is 0 Å². The maximum absolute atomic E-state index is 12.7. The normalized spacial score (nSPS) is 19.4. The fourth-order valence-corrected chi connectivity index (χ4v) is 3.20. The van der Waals surface area contributed by atoms with Gasteiger partial charge in [-0.1, -0.05) is 18.2 Å². The van der Waals surface area contributed by atoms with E-state index in [1.807, 2.05) is 6.07 Å². The number of aromatic nitrogens is 1. The molecule has 1 saturated heterocycles. The lowest BCUT2D eigenvalue weighted by molar-refractivity contribution is -0.128. The minimum atomic E-state index is -0.993. The Hall–Kier alpha value is -3.22. The fraction of sp³-hybridized carbons (Fsp3) is 0.263. The number of pyridine rings is 1. The van der Waals surface area contributed by atoms with Crippen molar-refractivity contribution in [3.63, 3.8) is 0 Å². The van der Waals surface area contributed by atoms with Crippen molar-refractivity contribution in [2.24, 2.45) is 5.92 Å². The van der Waals surface area contributed by atoms with Crippen LogP contribution in [0.15, 0.2) is 48.8 Å². The van der Waals surface area contributed by atoms with E-state index in [1.165, 1.54) is 12.1 Å². The summed E-state index contributed by atoms with van der Waals surface area (Å²) in [5, 5.41) is 11.8. The highest BCUT2D eigenvalue weighted by atomic mass is 16.4. The zero-order valence-electron chi connectivity index (χ0n) is 14.3.